The van der Waals surface area contributed by atoms with Gasteiger partial charge in [0.2, 0.25) is 0 Å². The Balaban J connectivity index is 1.84. The maximum Gasteiger partial charge on any atom is 0.147 e. The average molecular weight is 186 g/mol. The zero-order chi connectivity index (χ0) is 8.84. The van der Waals surface area contributed by atoms with Crippen molar-refractivity contribution in [2.75, 3.05) is 13.6 Å². The standard InChI is InChI=1S/C9H14O4/c1-5-2-6-8(12-3-10-6)9-7(5)11-4-13-9/h5-9H,2-4H2,1H3/t5-,6-,7+,8-,9-/m1/s1. The van der Waals surface area contributed by atoms with E-state index >= 15 is 0 Å². The van der Waals surface area contributed by atoms with Gasteiger partial charge >= 0.3 is 0 Å². The first-order valence-corrected chi connectivity index (χ1v) is 4.82. The van der Waals surface area contributed by atoms with Gasteiger partial charge in [-0.25, -0.2) is 0 Å². The van der Waals surface area contributed by atoms with Crippen molar-refractivity contribution in [2.24, 2.45) is 5.92 Å². The van der Waals surface area contributed by atoms with Gasteiger partial charge in [-0.1, -0.05) is 6.92 Å². The van der Waals surface area contributed by atoms with E-state index < -0.39 is 0 Å². The van der Waals surface area contributed by atoms with Crippen LogP contribution in [-0.2, 0) is 18.9 Å². The topological polar surface area (TPSA) is 36.9 Å². The van der Waals surface area contributed by atoms with Crippen LogP contribution in [0.4, 0.5) is 0 Å². The van der Waals surface area contributed by atoms with Crippen LogP contribution < -0.4 is 0 Å². The van der Waals surface area contributed by atoms with Gasteiger partial charge in [-0.05, 0) is 12.3 Å². The third-order valence-corrected chi connectivity index (χ3v) is 3.24. The van der Waals surface area contributed by atoms with Crippen molar-refractivity contribution in [2.45, 2.75) is 37.8 Å². The fraction of sp³-hybridized carbons (Fsp3) is 1.00. The third-order valence-electron chi connectivity index (χ3n) is 3.24. The molecule has 1 saturated carbocycles. The second-order valence-corrected chi connectivity index (χ2v) is 4.05. The van der Waals surface area contributed by atoms with Gasteiger partial charge in [0.05, 0.1) is 12.2 Å². The van der Waals surface area contributed by atoms with E-state index in [2.05, 4.69) is 6.92 Å². The Kier molecular flexibility index (Phi) is 1.83. The lowest BCUT2D eigenvalue weighted by Crippen LogP contribution is -2.49. The predicted octanol–water partition coefficient (Wildman–Crippen LogP) is 0.509. The number of hydrogen-bond donors (Lipinski definition) is 0. The van der Waals surface area contributed by atoms with Gasteiger partial charge < -0.3 is 18.9 Å². The highest BCUT2D eigenvalue weighted by Gasteiger charge is 2.50. The lowest BCUT2D eigenvalue weighted by atomic mass is 9.82. The second kappa shape index (κ2) is 2.92. The first-order chi connectivity index (χ1) is 6.36. The molecule has 3 fully saturated rings. The van der Waals surface area contributed by atoms with E-state index in [0.29, 0.717) is 19.5 Å². The highest BCUT2D eigenvalue weighted by atomic mass is 16.8. The molecule has 3 rings (SSSR count). The van der Waals surface area contributed by atoms with Gasteiger partial charge in [0.15, 0.2) is 0 Å². The fourth-order valence-corrected chi connectivity index (χ4v) is 2.57. The molecular weight excluding hydrogens is 172 g/mol. The van der Waals surface area contributed by atoms with Crippen molar-refractivity contribution in [3.05, 3.63) is 0 Å². The zero-order valence-electron chi connectivity index (χ0n) is 7.64. The molecule has 3 aliphatic rings. The van der Waals surface area contributed by atoms with Crippen LogP contribution in [0.1, 0.15) is 13.3 Å². The Morgan fingerprint density at radius 2 is 1.54 bits per heavy atom. The van der Waals surface area contributed by atoms with Crippen LogP contribution in [0.3, 0.4) is 0 Å². The molecule has 13 heavy (non-hydrogen) atoms. The Hall–Kier alpha value is -0.160. The SMILES string of the molecule is C[C@@H]1C[C@H]2OCO[C@H]2[C@@H]2OCO[C@H]21. The Bertz CT molecular complexity index is 208. The summed E-state index contributed by atoms with van der Waals surface area (Å²) in [5, 5.41) is 0. The van der Waals surface area contributed by atoms with Crippen LogP contribution in [-0.4, -0.2) is 38.0 Å². The van der Waals surface area contributed by atoms with Crippen molar-refractivity contribution in [1.29, 1.82) is 0 Å². The molecule has 2 saturated heterocycles. The van der Waals surface area contributed by atoms with Gasteiger partial charge in [-0.3, -0.25) is 0 Å². The fourth-order valence-electron chi connectivity index (χ4n) is 2.57. The molecule has 0 amide bonds. The molecule has 4 nitrogen and oxygen atoms in total. The Morgan fingerprint density at radius 1 is 0.846 bits per heavy atom. The molecule has 0 aromatic rings. The molecule has 0 radical (unpaired) electrons. The van der Waals surface area contributed by atoms with Crippen LogP contribution in [0.15, 0.2) is 0 Å². The summed E-state index contributed by atoms with van der Waals surface area (Å²) < 4.78 is 22.0. The number of hydrogen-bond acceptors (Lipinski definition) is 4. The summed E-state index contributed by atoms with van der Waals surface area (Å²) in [5.41, 5.74) is 0. The van der Waals surface area contributed by atoms with Gasteiger partial charge in [-0.2, -0.15) is 0 Å². The molecule has 0 aromatic carbocycles. The van der Waals surface area contributed by atoms with Crippen LogP contribution in [0.25, 0.3) is 0 Å². The van der Waals surface area contributed by atoms with Crippen molar-refractivity contribution >= 4 is 0 Å². The zero-order valence-corrected chi connectivity index (χ0v) is 7.64. The molecule has 74 valence electrons. The summed E-state index contributed by atoms with van der Waals surface area (Å²) in [4.78, 5) is 0. The normalized spacial score (nSPS) is 54.7. The molecule has 2 heterocycles. The van der Waals surface area contributed by atoms with Crippen molar-refractivity contribution in [3.8, 4) is 0 Å². The quantitative estimate of drug-likeness (QED) is 0.552. The van der Waals surface area contributed by atoms with Crippen LogP contribution in [0, 0.1) is 5.92 Å². The minimum Gasteiger partial charge on any atom is -0.349 e. The van der Waals surface area contributed by atoms with E-state index in [1.54, 1.807) is 0 Å². The van der Waals surface area contributed by atoms with E-state index in [0.717, 1.165) is 6.42 Å². The van der Waals surface area contributed by atoms with Crippen molar-refractivity contribution in [1.82, 2.24) is 0 Å². The monoisotopic (exact) mass is 186 g/mol. The molecule has 2 aliphatic heterocycles. The summed E-state index contributed by atoms with van der Waals surface area (Å²) in [5.74, 6) is 0.510. The first kappa shape index (κ1) is 8.17. The van der Waals surface area contributed by atoms with Gasteiger partial charge in [0, 0.05) is 0 Å². The van der Waals surface area contributed by atoms with E-state index in [9.17, 15) is 0 Å². The molecule has 1 aliphatic carbocycles. The van der Waals surface area contributed by atoms with E-state index in [1.807, 2.05) is 0 Å². The van der Waals surface area contributed by atoms with E-state index in [-0.39, 0.29) is 24.4 Å². The molecule has 0 aromatic heterocycles. The molecule has 0 spiro atoms. The lowest BCUT2D eigenvalue weighted by Gasteiger charge is -2.35. The molecule has 5 atom stereocenters. The van der Waals surface area contributed by atoms with Crippen LogP contribution >= 0.6 is 0 Å². The summed E-state index contributed by atoms with van der Waals surface area (Å²) in [6.07, 6.45) is 1.65. The predicted molar refractivity (Wildman–Crippen MR) is 43.0 cm³/mol. The minimum atomic E-state index is 0.0937. The molecule has 0 N–H and O–H groups in total. The lowest BCUT2D eigenvalue weighted by molar-refractivity contribution is -0.0532. The maximum atomic E-state index is 5.52. The van der Waals surface area contributed by atoms with Gasteiger partial charge in [0.25, 0.3) is 0 Å². The first-order valence-electron chi connectivity index (χ1n) is 4.82. The van der Waals surface area contributed by atoms with E-state index in [1.165, 1.54) is 0 Å². The smallest absolute Gasteiger partial charge is 0.147 e. The summed E-state index contributed by atoms with van der Waals surface area (Å²) >= 11 is 0. The Labute approximate surface area is 77.1 Å². The van der Waals surface area contributed by atoms with Crippen molar-refractivity contribution < 1.29 is 18.9 Å². The maximum absolute atomic E-state index is 5.52. The summed E-state index contributed by atoms with van der Waals surface area (Å²) in [7, 11) is 0. The van der Waals surface area contributed by atoms with Crippen LogP contribution in [0.2, 0.25) is 0 Å². The number of fused-ring (bicyclic) bond motifs is 3. The second-order valence-electron chi connectivity index (χ2n) is 4.05. The molecule has 4 heteroatoms. The van der Waals surface area contributed by atoms with Gasteiger partial charge in [0.1, 0.15) is 25.8 Å². The summed E-state index contributed by atoms with van der Waals surface area (Å²) in [6.45, 7) is 3.01. The molecule has 0 unspecified atom stereocenters. The average Bonchev–Trinajstić information content (AvgIpc) is 2.66. The number of ether oxygens (including phenoxy) is 4. The minimum absolute atomic E-state index is 0.0937. The summed E-state index contributed by atoms with van der Waals surface area (Å²) in [6, 6.07) is 0. The van der Waals surface area contributed by atoms with Gasteiger partial charge in [-0.15, -0.1) is 0 Å². The van der Waals surface area contributed by atoms with Crippen LogP contribution in [0.5, 0.6) is 0 Å². The highest BCUT2D eigenvalue weighted by molar-refractivity contribution is 4.97. The van der Waals surface area contributed by atoms with Crippen molar-refractivity contribution in [3.63, 3.8) is 0 Å². The third kappa shape index (κ3) is 1.13. The van der Waals surface area contributed by atoms with E-state index in [4.69, 9.17) is 18.9 Å². The Morgan fingerprint density at radius 3 is 2.46 bits per heavy atom. The largest absolute Gasteiger partial charge is 0.349 e. The number of rotatable bonds is 0. The molecule has 0 bridgehead atoms. The molecular formula is C9H14O4. The highest BCUT2D eigenvalue weighted by Crippen LogP contribution is 2.38.